The summed E-state index contributed by atoms with van der Waals surface area (Å²) in [6.07, 6.45) is 1.81. The Balaban J connectivity index is 2.06. The highest BCUT2D eigenvalue weighted by atomic mass is 35.5. The lowest BCUT2D eigenvalue weighted by Crippen LogP contribution is -1.99. The Morgan fingerprint density at radius 1 is 1.11 bits per heavy atom. The lowest BCUT2D eigenvalue weighted by atomic mass is 10.0. The lowest BCUT2D eigenvalue weighted by Gasteiger charge is -2.11. The van der Waals surface area contributed by atoms with Crippen molar-refractivity contribution >= 4 is 29.2 Å². The number of nitriles is 1. The molecule has 0 aliphatic heterocycles. The molecular weight excluding hydrogens is 360 g/mol. The van der Waals surface area contributed by atoms with Gasteiger partial charge in [0.1, 0.15) is 0 Å². The highest BCUT2D eigenvalue weighted by Crippen LogP contribution is 2.28. The number of rotatable bonds is 4. The normalized spacial score (nSPS) is 11.3. The van der Waals surface area contributed by atoms with Gasteiger partial charge >= 0.3 is 5.97 Å². The molecule has 5 heteroatoms. The molecule has 134 valence electrons. The van der Waals surface area contributed by atoms with Gasteiger partial charge in [-0.25, -0.2) is 4.79 Å². The SMILES string of the molecule is Cc1cc(C=C(C#N)c2ccc(C(=O)O)cc2)c(C)n1-c1ccccc1Cl. The van der Waals surface area contributed by atoms with Crippen LogP contribution in [0.3, 0.4) is 0 Å². The zero-order valence-corrected chi connectivity index (χ0v) is 15.7. The van der Waals surface area contributed by atoms with Crippen molar-refractivity contribution in [2.75, 3.05) is 0 Å². The van der Waals surface area contributed by atoms with Crippen molar-refractivity contribution in [2.45, 2.75) is 13.8 Å². The summed E-state index contributed by atoms with van der Waals surface area (Å²) in [6, 6.07) is 18.1. The monoisotopic (exact) mass is 376 g/mol. The number of halogens is 1. The number of carboxylic acids is 1. The van der Waals surface area contributed by atoms with Crippen molar-refractivity contribution in [3.8, 4) is 11.8 Å². The molecule has 1 aromatic heterocycles. The standard InChI is InChI=1S/C22H17ClN2O2/c1-14-11-18(15(2)25(14)21-6-4-3-5-20(21)23)12-19(13-24)16-7-9-17(10-8-16)22(26)27/h3-12H,1-2H3,(H,26,27). The first-order valence-corrected chi connectivity index (χ1v) is 8.69. The molecule has 0 unspecified atom stereocenters. The van der Waals surface area contributed by atoms with Crippen molar-refractivity contribution in [1.29, 1.82) is 5.26 Å². The fourth-order valence-electron chi connectivity index (χ4n) is 3.07. The van der Waals surface area contributed by atoms with Crippen LogP contribution in [0.15, 0.2) is 54.6 Å². The molecule has 0 aliphatic rings. The van der Waals surface area contributed by atoms with Crippen LogP contribution in [0.2, 0.25) is 5.02 Å². The Hall–Kier alpha value is -3.29. The molecule has 3 rings (SSSR count). The van der Waals surface area contributed by atoms with Crippen molar-refractivity contribution in [3.05, 3.63) is 87.7 Å². The third-order valence-electron chi connectivity index (χ3n) is 4.43. The summed E-state index contributed by atoms with van der Waals surface area (Å²) in [5.74, 6) is -0.993. The van der Waals surface area contributed by atoms with Crippen molar-refractivity contribution < 1.29 is 9.90 Å². The third kappa shape index (κ3) is 3.64. The first kappa shape index (κ1) is 18.5. The number of nitrogens with zero attached hydrogens (tertiary/aromatic N) is 2. The Bertz CT molecular complexity index is 1090. The zero-order valence-electron chi connectivity index (χ0n) is 14.9. The number of carbonyl (C=O) groups is 1. The fraction of sp³-hybridized carbons (Fsp3) is 0.0909. The Labute approximate surface area is 162 Å². The van der Waals surface area contributed by atoms with Crippen molar-refractivity contribution in [2.24, 2.45) is 0 Å². The van der Waals surface area contributed by atoms with Crippen LogP contribution in [0.4, 0.5) is 0 Å². The second kappa shape index (κ2) is 7.53. The van der Waals surface area contributed by atoms with Gasteiger partial charge in [0.25, 0.3) is 0 Å². The van der Waals surface area contributed by atoms with E-state index in [1.54, 1.807) is 12.1 Å². The van der Waals surface area contributed by atoms with Crippen LogP contribution in [0.5, 0.6) is 0 Å². The van der Waals surface area contributed by atoms with E-state index in [-0.39, 0.29) is 5.56 Å². The average Bonchev–Trinajstić information content (AvgIpc) is 2.93. The van der Waals surface area contributed by atoms with E-state index in [4.69, 9.17) is 16.7 Å². The van der Waals surface area contributed by atoms with E-state index in [9.17, 15) is 10.1 Å². The maximum absolute atomic E-state index is 11.0. The van der Waals surface area contributed by atoms with Crippen molar-refractivity contribution in [3.63, 3.8) is 0 Å². The van der Waals surface area contributed by atoms with Gasteiger partial charge < -0.3 is 9.67 Å². The minimum absolute atomic E-state index is 0.188. The number of aryl methyl sites for hydroxylation is 1. The largest absolute Gasteiger partial charge is 0.478 e. The number of carboxylic acid groups (broad SMARTS) is 1. The average molecular weight is 377 g/mol. The second-order valence-corrected chi connectivity index (χ2v) is 6.57. The van der Waals surface area contributed by atoms with Crippen LogP contribution in [0, 0.1) is 25.2 Å². The van der Waals surface area contributed by atoms with E-state index in [1.165, 1.54) is 12.1 Å². The molecule has 1 heterocycles. The summed E-state index contributed by atoms with van der Waals surface area (Å²) in [6.45, 7) is 3.96. The molecule has 0 amide bonds. The van der Waals surface area contributed by atoms with Gasteiger partial charge in [-0.05, 0) is 61.4 Å². The van der Waals surface area contributed by atoms with E-state index in [2.05, 4.69) is 10.6 Å². The van der Waals surface area contributed by atoms with Gasteiger partial charge in [-0.1, -0.05) is 35.9 Å². The Morgan fingerprint density at radius 2 is 1.74 bits per heavy atom. The minimum Gasteiger partial charge on any atom is -0.478 e. The molecule has 0 fully saturated rings. The van der Waals surface area contributed by atoms with Crippen LogP contribution >= 0.6 is 11.6 Å². The van der Waals surface area contributed by atoms with E-state index in [1.807, 2.05) is 50.3 Å². The molecule has 0 radical (unpaired) electrons. The molecule has 0 saturated heterocycles. The highest BCUT2D eigenvalue weighted by molar-refractivity contribution is 6.32. The van der Waals surface area contributed by atoms with Gasteiger partial charge in [-0.15, -0.1) is 0 Å². The van der Waals surface area contributed by atoms with E-state index in [0.717, 1.165) is 22.6 Å². The van der Waals surface area contributed by atoms with Gasteiger partial charge in [0.2, 0.25) is 0 Å². The molecule has 3 aromatic rings. The molecule has 0 aliphatic carbocycles. The summed E-state index contributed by atoms with van der Waals surface area (Å²) in [7, 11) is 0. The molecule has 0 spiro atoms. The molecule has 0 bridgehead atoms. The van der Waals surface area contributed by atoms with Gasteiger partial charge in [0, 0.05) is 11.4 Å². The predicted octanol–water partition coefficient (Wildman–Crippen LogP) is 5.51. The van der Waals surface area contributed by atoms with Crippen LogP contribution in [0.1, 0.15) is 32.9 Å². The second-order valence-electron chi connectivity index (χ2n) is 6.17. The van der Waals surface area contributed by atoms with Crippen LogP contribution in [-0.4, -0.2) is 15.6 Å². The van der Waals surface area contributed by atoms with E-state index < -0.39 is 5.97 Å². The first-order valence-electron chi connectivity index (χ1n) is 8.31. The maximum atomic E-state index is 11.0. The van der Waals surface area contributed by atoms with Crippen LogP contribution in [-0.2, 0) is 0 Å². The van der Waals surface area contributed by atoms with Crippen LogP contribution in [0.25, 0.3) is 17.3 Å². The number of hydrogen-bond acceptors (Lipinski definition) is 2. The maximum Gasteiger partial charge on any atom is 0.335 e. The molecular formula is C22H17ClN2O2. The van der Waals surface area contributed by atoms with Crippen molar-refractivity contribution in [1.82, 2.24) is 4.57 Å². The molecule has 0 atom stereocenters. The molecule has 2 aromatic carbocycles. The number of allylic oxidation sites excluding steroid dienone is 1. The number of aromatic nitrogens is 1. The van der Waals surface area contributed by atoms with Gasteiger partial charge in [-0.3, -0.25) is 0 Å². The highest BCUT2D eigenvalue weighted by Gasteiger charge is 2.13. The topological polar surface area (TPSA) is 66.0 Å². The summed E-state index contributed by atoms with van der Waals surface area (Å²) in [4.78, 5) is 11.0. The lowest BCUT2D eigenvalue weighted by molar-refractivity contribution is 0.0697. The Kier molecular flexibility index (Phi) is 5.16. The summed E-state index contributed by atoms with van der Waals surface area (Å²) in [5, 5.41) is 19.3. The number of hydrogen-bond donors (Lipinski definition) is 1. The quantitative estimate of drug-likeness (QED) is 0.610. The number of aromatic carboxylic acids is 1. The third-order valence-corrected chi connectivity index (χ3v) is 4.75. The summed E-state index contributed by atoms with van der Waals surface area (Å²) in [5.41, 5.74) is 5.09. The Morgan fingerprint density at radius 3 is 2.33 bits per heavy atom. The first-order chi connectivity index (χ1) is 12.9. The summed E-state index contributed by atoms with van der Waals surface area (Å²) >= 11 is 6.34. The molecule has 4 nitrogen and oxygen atoms in total. The number of para-hydroxylation sites is 1. The minimum atomic E-state index is -0.993. The zero-order chi connectivity index (χ0) is 19.6. The fourth-order valence-corrected chi connectivity index (χ4v) is 3.29. The van der Waals surface area contributed by atoms with Crippen LogP contribution < -0.4 is 0 Å². The molecule has 0 saturated carbocycles. The molecule has 27 heavy (non-hydrogen) atoms. The summed E-state index contributed by atoms with van der Waals surface area (Å²) < 4.78 is 2.05. The van der Waals surface area contributed by atoms with E-state index >= 15 is 0 Å². The molecule has 1 N–H and O–H groups in total. The smallest absolute Gasteiger partial charge is 0.335 e. The van der Waals surface area contributed by atoms with Gasteiger partial charge in [-0.2, -0.15) is 5.26 Å². The predicted molar refractivity (Wildman–Crippen MR) is 107 cm³/mol. The van der Waals surface area contributed by atoms with Gasteiger partial charge in [0.15, 0.2) is 0 Å². The van der Waals surface area contributed by atoms with E-state index in [0.29, 0.717) is 16.2 Å². The number of benzene rings is 2. The van der Waals surface area contributed by atoms with Gasteiger partial charge in [0.05, 0.1) is 27.9 Å².